The first kappa shape index (κ1) is 13.3. The summed E-state index contributed by atoms with van der Waals surface area (Å²) in [4.78, 5) is 19.2. The van der Waals surface area contributed by atoms with E-state index in [0.717, 1.165) is 29.3 Å². The Morgan fingerprint density at radius 2 is 2.56 bits per heavy atom. The van der Waals surface area contributed by atoms with E-state index in [1.165, 1.54) is 0 Å². The number of thiazole rings is 1. The summed E-state index contributed by atoms with van der Waals surface area (Å²) in [5.74, 6) is 0. The molecule has 2 N–H and O–H groups in total. The molecule has 2 amide bonds. The number of amides is 2. The molecule has 1 aromatic rings. The largest absolute Gasteiger partial charge is 0.394 e. The highest BCUT2D eigenvalue weighted by Gasteiger charge is 2.29. The normalized spacial score (nSPS) is 21.1. The van der Waals surface area contributed by atoms with E-state index in [1.807, 2.05) is 20.0 Å². The minimum atomic E-state index is -0.105. The van der Waals surface area contributed by atoms with Crippen molar-refractivity contribution in [2.75, 3.05) is 13.2 Å². The van der Waals surface area contributed by atoms with Crippen molar-refractivity contribution in [1.29, 1.82) is 0 Å². The fourth-order valence-electron chi connectivity index (χ4n) is 2.20. The number of carbonyl (C=O) groups excluding carboxylic acids is 1. The van der Waals surface area contributed by atoms with E-state index in [4.69, 9.17) is 0 Å². The molecule has 1 aliphatic rings. The number of likely N-dealkylation sites (tertiary alicyclic amines) is 1. The number of nitrogens with one attached hydrogen (secondary N) is 1. The molecule has 0 aromatic carbocycles. The van der Waals surface area contributed by atoms with E-state index in [0.29, 0.717) is 0 Å². The maximum Gasteiger partial charge on any atom is 0.318 e. The lowest BCUT2D eigenvalue weighted by molar-refractivity contribution is 0.155. The zero-order chi connectivity index (χ0) is 13.1. The molecule has 0 radical (unpaired) electrons. The molecule has 100 valence electrons. The van der Waals surface area contributed by atoms with Gasteiger partial charge in [0.15, 0.2) is 0 Å². The van der Waals surface area contributed by atoms with Gasteiger partial charge in [0.05, 0.1) is 18.7 Å². The van der Waals surface area contributed by atoms with Gasteiger partial charge in [0.25, 0.3) is 0 Å². The topological polar surface area (TPSA) is 65.5 Å². The van der Waals surface area contributed by atoms with E-state index >= 15 is 0 Å². The SMILES string of the molecule is Cc1cnc(C(C)NC(=O)N2CCC[C@@H]2CO)s1. The van der Waals surface area contributed by atoms with Gasteiger partial charge in [-0.05, 0) is 26.7 Å². The van der Waals surface area contributed by atoms with Crippen LogP contribution in [-0.2, 0) is 0 Å². The van der Waals surface area contributed by atoms with Gasteiger partial charge in [0.2, 0.25) is 0 Å². The molecule has 0 spiro atoms. The van der Waals surface area contributed by atoms with Crippen LogP contribution in [0.25, 0.3) is 0 Å². The van der Waals surface area contributed by atoms with Crippen LogP contribution in [0, 0.1) is 6.92 Å². The molecule has 1 unspecified atom stereocenters. The van der Waals surface area contributed by atoms with Gasteiger partial charge in [-0.25, -0.2) is 9.78 Å². The maximum atomic E-state index is 12.1. The van der Waals surface area contributed by atoms with Crippen LogP contribution < -0.4 is 5.32 Å². The molecule has 2 rings (SSSR count). The van der Waals surface area contributed by atoms with Gasteiger partial charge in [-0.3, -0.25) is 0 Å². The third-order valence-corrected chi connectivity index (χ3v) is 4.29. The number of aliphatic hydroxyl groups excluding tert-OH is 1. The van der Waals surface area contributed by atoms with Crippen LogP contribution >= 0.6 is 11.3 Å². The third-order valence-electron chi connectivity index (χ3n) is 3.20. The van der Waals surface area contributed by atoms with Crippen molar-refractivity contribution in [3.05, 3.63) is 16.1 Å². The fourth-order valence-corrected chi connectivity index (χ4v) is 2.97. The van der Waals surface area contributed by atoms with Crippen molar-refractivity contribution in [3.63, 3.8) is 0 Å². The number of hydrogen-bond acceptors (Lipinski definition) is 4. The summed E-state index contributed by atoms with van der Waals surface area (Å²) in [6, 6.07) is -0.224. The third kappa shape index (κ3) is 2.81. The molecule has 0 saturated carbocycles. The van der Waals surface area contributed by atoms with Gasteiger partial charge in [-0.1, -0.05) is 0 Å². The fraction of sp³-hybridized carbons (Fsp3) is 0.667. The molecule has 1 aliphatic heterocycles. The van der Waals surface area contributed by atoms with Crippen LogP contribution in [0.4, 0.5) is 4.79 Å². The van der Waals surface area contributed by atoms with Gasteiger partial charge >= 0.3 is 6.03 Å². The second kappa shape index (κ2) is 5.67. The monoisotopic (exact) mass is 269 g/mol. The highest BCUT2D eigenvalue weighted by atomic mass is 32.1. The molecular formula is C12H19N3O2S. The Morgan fingerprint density at radius 1 is 1.78 bits per heavy atom. The highest BCUT2D eigenvalue weighted by molar-refractivity contribution is 7.11. The van der Waals surface area contributed by atoms with Crippen LogP contribution in [0.5, 0.6) is 0 Å². The van der Waals surface area contributed by atoms with E-state index < -0.39 is 0 Å². The molecule has 0 bridgehead atoms. The Bertz CT molecular complexity index is 421. The van der Waals surface area contributed by atoms with Crippen molar-refractivity contribution in [2.45, 2.75) is 38.8 Å². The number of nitrogens with zero attached hydrogens (tertiary/aromatic N) is 2. The second-order valence-corrected chi connectivity index (χ2v) is 5.92. The molecule has 1 fully saturated rings. The maximum absolute atomic E-state index is 12.1. The number of carbonyl (C=O) groups is 1. The summed E-state index contributed by atoms with van der Waals surface area (Å²) in [6.07, 6.45) is 3.66. The summed E-state index contributed by atoms with van der Waals surface area (Å²) < 4.78 is 0. The number of aryl methyl sites for hydroxylation is 1. The Balaban J connectivity index is 1.94. The standard InChI is InChI=1S/C12H19N3O2S/c1-8-6-13-11(18-8)9(2)14-12(17)15-5-3-4-10(15)7-16/h6,9-10,16H,3-5,7H2,1-2H3,(H,14,17)/t9?,10-/m1/s1. The second-order valence-electron chi connectivity index (χ2n) is 4.65. The Hall–Kier alpha value is -1.14. The predicted molar refractivity (Wildman–Crippen MR) is 70.6 cm³/mol. The van der Waals surface area contributed by atoms with Crippen LogP contribution in [0.3, 0.4) is 0 Å². The number of urea groups is 1. The van der Waals surface area contributed by atoms with Crippen molar-refractivity contribution in [2.24, 2.45) is 0 Å². The zero-order valence-electron chi connectivity index (χ0n) is 10.7. The van der Waals surface area contributed by atoms with Crippen molar-refractivity contribution in [1.82, 2.24) is 15.2 Å². The molecule has 0 aliphatic carbocycles. The summed E-state index contributed by atoms with van der Waals surface area (Å²) >= 11 is 1.59. The lowest BCUT2D eigenvalue weighted by Gasteiger charge is -2.25. The van der Waals surface area contributed by atoms with Crippen LogP contribution in [-0.4, -0.2) is 40.2 Å². The molecular weight excluding hydrogens is 250 g/mol. The van der Waals surface area contributed by atoms with Crippen LogP contribution in [0.1, 0.15) is 35.7 Å². The number of aliphatic hydroxyl groups is 1. The predicted octanol–water partition coefficient (Wildman–Crippen LogP) is 1.68. The minimum absolute atomic E-state index is 0.0322. The lowest BCUT2D eigenvalue weighted by atomic mass is 10.2. The van der Waals surface area contributed by atoms with Crippen LogP contribution in [0.15, 0.2) is 6.20 Å². The summed E-state index contributed by atoms with van der Waals surface area (Å²) in [6.45, 7) is 4.69. The van der Waals surface area contributed by atoms with Gasteiger partial charge in [0, 0.05) is 17.6 Å². The van der Waals surface area contributed by atoms with Crippen molar-refractivity contribution < 1.29 is 9.90 Å². The molecule has 18 heavy (non-hydrogen) atoms. The molecule has 2 atom stereocenters. The summed E-state index contributed by atoms with van der Waals surface area (Å²) in [5, 5.41) is 13.1. The lowest BCUT2D eigenvalue weighted by Crippen LogP contribution is -2.44. The average Bonchev–Trinajstić information content (AvgIpc) is 2.96. The number of aromatic nitrogens is 1. The summed E-state index contributed by atoms with van der Waals surface area (Å²) in [7, 11) is 0. The average molecular weight is 269 g/mol. The van der Waals surface area contributed by atoms with E-state index in [1.54, 1.807) is 16.2 Å². The van der Waals surface area contributed by atoms with E-state index in [-0.39, 0.29) is 24.7 Å². The van der Waals surface area contributed by atoms with Gasteiger partial charge in [0.1, 0.15) is 5.01 Å². The van der Waals surface area contributed by atoms with Crippen LogP contribution in [0.2, 0.25) is 0 Å². The highest BCUT2D eigenvalue weighted by Crippen LogP contribution is 2.21. The molecule has 6 heteroatoms. The molecule has 1 aromatic heterocycles. The van der Waals surface area contributed by atoms with Crippen molar-refractivity contribution >= 4 is 17.4 Å². The first-order chi connectivity index (χ1) is 8.61. The molecule has 2 heterocycles. The molecule has 5 nitrogen and oxygen atoms in total. The molecule has 1 saturated heterocycles. The first-order valence-electron chi connectivity index (χ1n) is 6.22. The van der Waals surface area contributed by atoms with E-state index in [9.17, 15) is 9.90 Å². The van der Waals surface area contributed by atoms with Gasteiger partial charge in [-0.2, -0.15) is 0 Å². The Kier molecular flexibility index (Phi) is 4.19. The van der Waals surface area contributed by atoms with Gasteiger partial charge in [-0.15, -0.1) is 11.3 Å². The Morgan fingerprint density at radius 3 is 3.17 bits per heavy atom. The smallest absolute Gasteiger partial charge is 0.318 e. The first-order valence-corrected chi connectivity index (χ1v) is 7.03. The summed E-state index contributed by atoms with van der Waals surface area (Å²) in [5.41, 5.74) is 0. The Labute approximate surface area is 111 Å². The van der Waals surface area contributed by atoms with Gasteiger partial charge < -0.3 is 15.3 Å². The number of hydrogen-bond donors (Lipinski definition) is 2. The van der Waals surface area contributed by atoms with Crippen molar-refractivity contribution in [3.8, 4) is 0 Å². The number of rotatable bonds is 3. The quantitative estimate of drug-likeness (QED) is 0.877. The van der Waals surface area contributed by atoms with E-state index in [2.05, 4.69) is 10.3 Å². The zero-order valence-corrected chi connectivity index (χ0v) is 11.5. The minimum Gasteiger partial charge on any atom is -0.394 e.